The Hall–Kier alpha value is -1.99. The third kappa shape index (κ3) is 6.77. The van der Waals surface area contributed by atoms with Crippen LogP contribution in [0.1, 0.15) is 65.5 Å². The molecular formula is C23H40N4O3. The Labute approximate surface area is 182 Å². The summed E-state index contributed by atoms with van der Waals surface area (Å²) >= 11 is 0. The average molecular weight is 421 g/mol. The van der Waals surface area contributed by atoms with Gasteiger partial charge in [0.25, 0.3) is 0 Å². The lowest BCUT2D eigenvalue weighted by Gasteiger charge is -2.36. The highest BCUT2D eigenvalue weighted by atomic mass is 16.3. The minimum absolute atomic E-state index is 0.0264. The number of carbonyl (C=O) groups excluding carboxylic acids is 2. The maximum Gasteiger partial charge on any atom is 0.224 e. The van der Waals surface area contributed by atoms with Crippen molar-refractivity contribution in [2.45, 2.75) is 66.0 Å². The number of rotatable bonds is 9. The molecule has 2 heterocycles. The van der Waals surface area contributed by atoms with Crippen molar-refractivity contribution >= 4 is 11.8 Å². The lowest BCUT2D eigenvalue weighted by molar-refractivity contribution is -0.142. The summed E-state index contributed by atoms with van der Waals surface area (Å²) in [6.07, 6.45) is 5.39. The standard InChI is InChI=1S/C21H34N4O3.C2H6/c1-5-19(27)24(15-25(16(3)14-26)20(28)6-2)13-18-9-11-23(4)21(18)17-8-7-10-22-12-17;1-2/h7-8,10,12,16,18,21,26H,5-6,9,11,13-15H2,1-4H3;1-2H3. The fourth-order valence-electron chi connectivity index (χ4n) is 3.99. The molecule has 0 bridgehead atoms. The lowest BCUT2D eigenvalue weighted by Crippen LogP contribution is -2.50. The highest BCUT2D eigenvalue weighted by Crippen LogP contribution is 2.36. The molecule has 0 spiro atoms. The second-order valence-electron chi connectivity index (χ2n) is 7.62. The van der Waals surface area contributed by atoms with E-state index in [2.05, 4.69) is 23.0 Å². The molecule has 1 aromatic heterocycles. The molecule has 1 N–H and O–H groups in total. The van der Waals surface area contributed by atoms with Crippen LogP contribution < -0.4 is 0 Å². The normalized spacial score (nSPS) is 19.6. The molecule has 1 aromatic rings. The van der Waals surface area contributed by atoms with Crippen molar-refractivity contribution in [1.29, 1.82) is 0 Å². The van der Waals surface area contributed by atoms with Gasteiger partial charge in [0, 0.05) is 37.8 Å². The monoisotopic (exact) mass is 420 g/mol. The zero-order valence-electron chi connectivity index (χ0n) is 19.5. The van der Waals surface area contributed by atoms with Crippen molar-refractivity contribution in [3.63, 3.8) is 0 Å². The summed E-state index contributed by atoms with van der Waals surface area (Å²) in [5.74, 6) is 0.244. The second-order valence-corrected chi connectivity index (χ2v) is 7.62. The molecule has 3 atom stereocenters. The van der Waals surface area contributed by atoms with E-state index in [4.69, 9.17) is 0 Å². The third-order valence-electron chi connectivity index (χ3n) is 5.65. The molecule has 30 heavy (non-hydrogen) atoms. The fraction of sp³-hybridized carbons (Fsp3) is 0.696. The van der Waals surface area contributed by atoms with Crippen LogP contribution in [0.15, 0.2) is 24.5 Å². The predicted octanol–water partition coefficient (Wildman–Crippen LogP) is 2.92. The van der Waals surface area contributed by atoms with E-state index in [1.807, 2.05) is 40.0 Å². The minimum atomic E-state index is -0.319. The van der Waals surface area contributed by atoms with Gasteiger partial charge in [-0.25, -0.2) is 0 Å². The first-order valence-corrected chi connectivity index (χ1v) is 11.2. The summed E-state index contributed by atoms with van der Waals surface area (Å²) in [7, 11) is 2.10. The summed E-state index contributed by atoms with van der Waals surface area (Å²) in [5, 5.41) is 9.56. The van der Waals surface area contributed by atoms with Gasteiger partial charge in [-0.15, -0.1) is 0 Å². The minimum Gasteiger partial charge on any atom is -0.394 e. The Morgan fingerprint density at radius 2 is 1.93 bits per heavy atom. The van der Waals surface area contributed by atoms with Gasteiger partial charge in [-0.05, 0) is 44.5 Å². The van der Waals surface area contributed by atoms with Gasteiger partial charge in [-0.1, -0.05) is 33.8 Å². The number of hydrogen-bond acceptors (Lipinski definition) is 5. The Bertz CT molecular complexity index is 641. The molecule has 0 radical (unpaired) electrons. The highest BCUT2D eigenvalue weighted by molar-refractivity contribution is 5.78. The van der Waals surface area contributed by atoms with Crippen LogP contribution >= 0.6 is 0 Å². The Kier molecular flexibility index (Phi) is 11.6. The van der Waals surface area contributed by atoms with Gasteiger partial charge in [-0.2, -0.15) is 0 Å². The zero-order chi connectivity index (χ0) is 22.7. The van der Waals surface area contributed by atoms with Gasteiger partial charge >= 0.3 is 0 Å². The topological polar surface area (TPSA) is 77.0 Å². The first-order valence-electron chi connectivity index (χ1n) is 11.2. The zero-order valence-corrected chi connectivity index (χ0v) is 19.5. The molecular weight excluding hydrogens is 380 g/mol. The Balaban J connectivity index is 0.00000218. The van der Waals surface area contributed by atoms with Crippen LogP contribution in [0.5, 0.6) is 0 Å². The summed E-state index contributed by atoms with van der Waals surface area (Å²) in [6, 6.07) is 3.91. The third-order valence-corrected chi connectivity index (χ3v) is 5.65. The largest absolute Gasteiger partial charge is 0.394 e. The van der Waals surface area contributed by atoms with E-state index in [0.29, 0.717) is 19.4 Å². The van der Waals surface area contributed by atoms with E-state index in [0.717, 1.165) is 18.5 Å². The van der Waals surface area contributed by atoms with Crippen molar-refractivity contribution in [2.75, 3.05) is 33.4 Å². The van der Waals surface area contributed by atoms with Crippen molar-refractivity contribution in [2.24, 2.45) is 5.92 Å². The number of aliphatic hydroxyl groups excluding tert-OH is 1. The first kappa shape index (κ1) is 26.0. The molecule has 2 amide bonds. The van der Waals surface area contributed by atoms with E-state index < -0.39 is 0 Å². The van der Waals surface area contributed by atoms with Crippen LogP contribution in [0.4, 0.5) is 0 Å². The summed E-state index contributed by atoms with van der Waals surface area (Å²) in [5.41, 5.74) is 1.15. The van der Waals surface area contributed by atoms with Crippen LogP contribution in [0.2, 0.25) is 0 Å². The molecule has 3 unspecified atom stereocenters. The number of carbonyl (C=O) groups is 2. The van der Waals surface area contributed by atoms with Gasteiger partial charge in [-0.3, -0.25) is 19.5 Å². The van der Waals surface area contributed by atoms with Crippen LogP contribution in [-0.4, -0.2) is 76.1 Å². The molecule has 1 aliphatic rings. The Morgan fingerprint density at radius 1 is 1.27 bits per heavy atom. The quantitative estimate of drug-likeness (QED) is 0.622. The van der Waals surface area contributed by atoms with Crippen LogP contribution in [0.25, 0.3) is 0 Å². The van der Waals surface area contributed by atoms with Gasteiger partial charge in [0.15, 0.2) is 0 Å². The molecule has 170 valence electrons. The van der Waals surface area contributed by atoms with Gasteiger partial charge in [0.05, 0.1) is 19.3 Å². The maximum atomic E-state index is 12.7. The number of amides is 2. The molecule has 7 nitrogen and oxygen atoms in total. The predicted molar refractivity (Wildman–Crippen MR) is 120 cm³/mol. The van der Waals surface area contributed by atoms with Gasteiger partial charge < -0.3 is 14.9 Å². The van der Waals surface area contributed by atoms with Crippen molar-refractivity contribution in [3.8, 4) is 0 Å². The van der Waals surface area contributed by atoms with E-state index in [1.165, 1.54) is 0 Å². The van der Waals surface area contributed by atoms with E-state index in [-0.39, 0.29) is 43.1 Å². The number of nitrogens with zero attached hydrogens (tertiary/aromatic N) is 4. The molecule has 1 saturated heterocycles. The van der Waals surface area contributed by atoms with Crippen molar-refractivity contribution in [1.82, 2.24) is 19.7 Å². The van der Waals surface area contributed by atoms with Crippen molar-refractivity contribution < 1.29 is 14.7 Å². The van der Waals surface area contributed by atoms with Crippen LogP contribution in [0.3, 0.4) is 0 Å². The average Bonchev–Trinajstić information content (AvgIpc) is 3.16. The molecule has 1 aliphatic heterocycles. The molecule has 0 saturated carbocycles. The SMILES string of the molecule is CC.CCC(=O)N(CC1CCN(C)C1c1cccnc1)CN(C(=O)CC)C(C)CO. The number of aromatic nitrogens is 1. The first-order chi connectivity index (χ1) is 14.4. The molecule has 2 rings (SSSR count). The summed E-state index contributed by atoms with van der Waals surface area (Å²) in [6.45, 7) is 11.1. The highest BCUT2D eigenvalue weighted by Gasteiger charge is 2.35. The smallest absolute Gasteiger partial charge is 0.224 e. The number of aliphatic hydroxyl groups is 1. The number of hydrogen-bond donors (Lipinski definition) is 1. The summed E-state index contributed by atoms with van der Waals surface area (Å²) in [4.78, 5) is 35.0. The van der Waals surface area contributed by atoms with Crippen LogP contribution in [0, 0.1) is 5.92 Å². The lowest BCUT2D eigenvalue weighted by atomic mass is 9.94. The molecule has 0 aliphatic carbocycles. The number of pyridine rings is 1. The maximum absolute atomic E-state index is 12.7. The fourth-order valence-corrected chi connectivity index (χ4v) is 3.99. The second kappa shape index (κ2) is 13.3. The molecule has 0 aromatic carbocycles. The Morgan fingerprint density at radius 3 is 2.47 bits per heavy atom. The van der Waals surface area contributed by atoms with Gasteiger partial charge in [0.1, 0.15) is 0 Å². The number of likely N-dealkylation sites (tertiary alicyclic amines) is 1. The van der Waals surface area contributed by atoms with E-state index in [9.17, 15) is 14.7 Å². The van der Waals surface area contributed by atoms with Gasteiger partial charge in [0.2, 0.25) is 11.8 Å². The van der Waals surface area contributed by atoms with Crippen LogP contribution in [-0.2, 0) is 9.59 Å². The van der Waals surface area contributed by atoms with Crippen molar-refractivity contribution in [3.05, 3.63) is 30.1 Å². The van der Waals surface area contributed by atoms with E-state index in [1.54, 1.807) is 22.9 Å². The summed E-state index contributed by atoms with van der Waals surface area (Å²) < 4.78 is 0. The molecule has 1 fully saturated rings. The molecule has 7 heteroatoms. The van der Waals surface area contributed by atoms with E-state index >= 15 is 0 Å².